The van der Waals surface area contributed by atoms with Crippen LogP contribution in [0.3, 0.4) is 0 Å². The molecule has 13 heavy (non-hydrogen) atoms. The second-order valence-electron chi connectivity index (χ2n) is 3.98. The Morgan fingerprint density at radius 2 is 2.31 bits per heavy atom. The average molecular weight is 181 g/mol. The highest BCUT2D eigenvalue weighted by Crippen LogP contribution is 2.00. The molecule has 0 amide bonds. The first-order chi connectivity index (χ1) is 6.14. The Kier molecular flexibility index (Phi) is 3.51. The van der Waals surface area contributed by atoms with E-state index in [1.54, 1.807) is 0 Å². The minimum Gasteiger partial charge on any atom is -0.367 e. The van der Waals surface area contributed by atoms with E-state index in [2.05, 4.69) is 30.2 Å². The van der Waals surface area contributed by atoms with Gasteiger partial charge in [0.2, 0.25) is 0 Å². The van der Waals surface area contributed by atoms with Crippen molar-refractivity contribution >= 4 is 0 Å². The van der Waals surface area contributed by atoms with Crippen molar-refractivity contribution in [2.24, 2.45) is 5.73 Å². The first kappa shape index (κ1) is 10.3. The fraction of sp³-hybridized carbons (Fsp3) is 0.600. The van der Waals surface area contributed by atoms with Gasteiger partial charge in [0.05, 0.1) is 0 Å². The third-order valence-corrected chi connectivity index (χ3v) is 2.19. The molecule has 0 spiro atoms. The van der Waals surface area contributed by atoms with E-state index in [1.165, 1.54) is 5.56 Å². The number of aromatic nitrogens is 1. The van der Waals surface area contributed by atoms with Gasteiger partial charge in [-0.2, -0.15) is 0 Å². The molecule has 1 heterocycles. The highest BCUT2D eigenvalue weighted by atomic mass is 15.0. The van der Waals surface area contributed by atoms with E-state index in [0.717, 1.165) is 13.0 Å². The van der Waals surface area contributed by atoms with Crippen LogP contribution < -0.4 is 11.1 Å². The Balaban J connectivity index is 2.21. The number of hydrogen-bond acceptors (Lipinski definition) is 2. The maximum atomic E-state index is 5.60. The summed E-state index contributed by atoms with van der Waals surface area (Å²) >= 11 is 0. The van der Waals surface area contributed by atoms with Gasteiger partial charge in [0.1, 0.15) is 0 Å². The minimum atomic E-state index is 0.0519. The molecular weight excluding hydrogens is 162 g/mol. The number of rotatable bonds is 5. The van der Waals surface area contributed by atoms with Gasteiger partial charge in [-0.1, -0.05) is 0 Å². The van der Waals surface area contributed by atoms with E-state index >= 15 is 0 Å². The lowest BCUT2D eigenvalue weighted by Gasteiger charge is -2.24. The minimum absolute atomic E-state index is 0.0519. The maximum absolute atomic E-state index is 5.60. The Labute approximate surface area is 79.7 Å². The van der Waals surface area contributed by atoms with Gasteiger partial charge in [-0.15, -0.1) is 0 Å². The zero-order valence-corrected chi connectivity index (χ0v) is 8.43. The van der Waals surface area contributed by atoms with Crippen molar-refractivity contribution in [3.05, 3.63) is 24.0 Å². The molecule has 0 saturated carbocycles. The van der Waals surface area contributed by atoms with Crippen molar-refractivity contribution in [2.45, 2.75) is 25.8 Å². The Hall–Kier alpha value is -0.800. The summed E-state index contributed by atoms with van der Waals surface area (Å²) in [5.41, 5.74) is 6.98. The van der Waals surface area contributed by atoms with Gasteiger partial charge in [0, 0.05) is 24.5 Å². The van der Waals surface area contributed by atoms with Crippen LogP contribution in [-0.2, 0) is 6.42 Å². The molecule has 74 valence electrons. The fourth-order valence-corrected chi connectivity index (χ4v) is 1.13. The summed E-state index contributed by atoms with van der Waals surface area (Å²) in [6, 6.07) is 2.09. The van der Waals surface area contributed by atoms with Crippen molar-refractivity contribution in [3.8, 4) is 0 Å². The molecule has 0 bridgehead atoms. The lowest BCUT2D eigenvalue weighted by atomic mass is 10.1. The molecule has 0 unspecified atom stereocenters. The molecule has 0 aliphatic rings. The molecule has 4 N–H and O–H groups in total. The van der Waals surface area contributed by atoms with Crippen molar-refractivity contribution in [2.75, 3.05) is 13.1 Å². The second-order valence-corrected chi connectivity index (χ2v) is 3.98. The van der Waals surface area contributed by atoms with Gasteiger partial charge >= 0.3 is 0 Å². The largest absolute Gasteiger partial charge is 0.367 e. The van der Waals surface area contributed by atoms with Gasteiger partial charge < -0.3 is 16.0 Å². The summed E-state index contributed by atoms with van der Waals surface area (Å²) in [6.45, 7) is 5.87. The Morgan fingerprint density at radius 3 is 2.85 bits per heavy atom. The van der Waals surface area contributed by atoms with Gasteiger partial charge in [-0.25, -0.2) is 0 Å². The monoisotopic (exact) mass is 181 g/mol. The van der Waals surface area contributed by atoms with Gasteiger partial charge in [0.15, 0.2) is 0 Å². The van der Waals surface area contributed by atoms with Crippen molar-refractivity contribution in [1.82, 2.24) is 10.3 Å². The lowest BCUT2D eigenvalue weighted by molar-refractivity contribution is 0.402. The molecule has 3 nitrogen and oxygen atoms in total. The van der Waals surface area contributed by atoms with Crippen molar-refractivity contribution < 1.29 is 0 Å². The fourth-order valence-electron chi connectivity index (χ4n) is 1.13. The Bertz CT molecular complexity index is 226. The summed E-state index contributed by atoms with van der Waals surface area (Å²) in [6.07, 6.45) is 5.02. The van der Waals surface area contributed by atoms with Crippen molar-refractivity contribution in [3.63, 3.8) is 0 Å². The number of nitrogens with one attached hydrogen (secondary N) is 2. The molecule has 0 aromatic carbocycles. The van der Waals surface area contributed by atoms with E-state index in [1.807, 2.05) is 12.4 Å². The predicted molar refractivity (Wildman–Crippen MR) is 55.6 cm³/mol. The molecular formula is C10H19N3. The molecule has 0 radical (unpaired) electrons. The maximum Gasteiger partial charge on any atom is 0.0247 e. The van der Waals surface area contributed by atoms with E-state index < -0.39 is 0 Å². The standard InChI is InChI=1S/C10H19N3/c1-10(2,8-11)13-6-4-9-3-5-12-7-9/h3,5,7,12-13H,4,6,8,11H2,1-2H3. The molecule has 3 heteroatoms. The second kappa shape index (κ2) is 4.44. The highest BCUT2D eigenvalue weighted by Gasteiger charge is 2.12. The molecule has 0 atom stereocenters. The molecule has 0 aliphatic carbocycles. The molecule has 0 fully saturated rings. The van der Waals surface area contributed by atoms with Crippen LogP contribution in [0.15, 0.2) is 18.5 Å². The van der Waals surface area contributed by atoms with E-state index in [4.69, 9.17) is 5.73 Å². The SMILES string of the molecule is CC(C)(CN)NCCc1cc[nH]c1. The Morgan fingerprint density at radius 1 is 1.54 bits per heavy atom. The predicted octanol–water partition coefficient (Wildman–Crippen LogP) is 0.884. The quantitative estimate of drug-likeness (QED) is 0.631. The highest BCUT2D eigenvalue weighted by molar-refractivity contribution is 5.08. The van der Waals surface area contributed by atoms with Gasteiger partial charge in [-0.3, -0.25) is 0 Å². The van der Waals surface area contributed by atoms with E-state index in [0.29, 0.717) is 6.54 Å². The van der Waals surface area contributed by atoms with Crippen LogP contribution in [0.25, 0.3) is 0 Å². The number of aromatic amines is 1. The van der Waals surface area contributed by atoms with Crippen LogP contribution in [-0.4, -0.2) is 23.6 Å². The van der Waals surface area contributed by atoms with Crippen LogP contribution in [0.1, 0.15) is 19.4 Å². The first-order valence-electron chi connectivity index (χ1n) is 4.71. The van der Waals surface area contributed by atoms with Crippen LogP contribution in [0.5, 0.6) is 0 Å². The van der Waals surface area contributed by atoms with Crippen LogP contribution in [0.4, 0.5) is 0 Å². The first-order valence-corrected chi connectivity index (χ1v) is 4.71. The zero-order valence-electron chi connectivity index (χ0n) is 8.43. The van der Waals surface area contributed by atoms with Crippen LogP contribution in [0.2, 0.25) is 0 Å². The van der Waals surface area contributed by atoms with E-state index in [9.17, 15) is 0 Å². The molecule has 1 rings (SSSR count). The third kappa shape index (κ3) is 3.61. The van der Waals surface area contributed by atoms with Crippen LogP contribution >= 0.6 is 0 Å². The summed E-state index contributed by atoms with van der Waals surface area (Å²) in [5, 5.41) is 3.41. The number of nitrogens with two attached hydrogens (primary N) is 1. The number of hydrogen-bond donors (Lipinski definition) is 3. The van der Waals surface area contributed by atoms with Gasteiger partial charge in [-0.05, 0) is 38.4 Å². The smallest absolute Gasteiger partial charge is 0.0247 e. The molecule has 0 aliphatic heterocycles. The zero-order chi connectivity index (χ0) is 9.73. The molecule has 0 saturated heterocycles. The third-order valence-electron chi connectivity index (χ3n) is 2.19. The molecule has 1 aromatic rings. The van der Waals surface area contributed by atoms with E-state index in [-0.39, 0.29) is 5.54 Å². The molecule has 1 aromatic heterocycles. The van der Waals surface area contributed by atoms with Crippen molar-refractivity contribution in [1.29, 1.82) is 0 Å². The summed E-state index contributed by atoms with van der Waals surface area (Å²) < 4.78 is 0. The average Bonchev–Trinajstić information content (AvgIpc) is 2.57. The lowest BCUT2D eigenvalue weighted by Crippen LogP contribution is -2.46. The summed E-state index contributed by atoms with van der Waals surface area (Å²) in [5.74, 6) is 0. The van der Waals surface area contributed by atoms with Gasteiger partial charge in [0.25, 0.3) is 0 Å². The number of H-pyrrole nitrogens is 1. The van der Waals surface area contributed by atoms with Crippen LogP contribution in [0, 0.1) is 0 Å². The normalized spacial score (nSPS) is 11.9. The summed E-state index contributed by atoms with van der Waals surface area (Å²) in [4.78, 5) is 3.04. The topological polar surface area (TPSA) is 53.8 Å². The summed E-state index contributed by atoms with van der Waals surface area (Å²) in [7, 11) is 0.